The summed E-state index contributed by atoms with van der Waals surface area (Å²) in [6, 6.07) is 4.35. The molecule has 1 aromatic heterocycles. The van der Waals surface area contributed by atoms with E-state index in [2.05, 4.69) is 51.7 Å². The zero-order chi connectivity index (χ0) is 26.8. The summed E-state index contributed by atoms with van der Waals surface area (Å²) in [5.74, 6) is 6.87. The van der Waals surface area contributed by atoms with Crippen LogP contribution in [0.15, 0.2) is 23.2 Å². The minimum absolute atomic E-state index is 0.538. The zero-order valence-corrected chi connectivity index (χ0v) is 26.0. The van der Waals surface area contributed by atoms with E-state index in [1.165, 1.54) is 95.5 Å². The number of aromatic nitrogens is 1. The van der Waals surface area contributed by atoms with Gasteiger partial charge in [-0.2, -0.15) is 0 Å². The van der Waals surface area contributed by atoms with Crippen molar-refractivity contribution in [3.8, 4) is 0 Å². The Morgan fingerprint density at radius 1 is 0.974 bits per heavy atom. The van der Waals surface area contributed by atoms with Gasteiger partial charge in [0.2, 0.25) is 0 Å². The van der Waals surface area contributed by atoms with Gasteiger partial charge in [-0.1, -0.05) is 53.4 Å². The van der Waals surface area contributed by atoms with Gasteiger partial charge in [0.25, 0.3) is 0 Å². The van der Waals surface area contributed by atoms with E-state index in [1.807, 2.05) is 6.20 Å². The molecule has 0 bridgehead atoms. The lowest BCUT2D eigenvalue weighted by Crippen LogP contribution is -2.55. The maximum absolute atomic E-state index is 6.19. The average Bonchev–Trinajstić information content (AvgIpc) is 3.27. The molecular weight excluding hydrogens is 484 g/mol. The molecule has 0 radical (unpaired) electrons. The van der Waals surface area contributed by atoms with Crippen LogP contribution in [0.3, 0.4) is 0 Å². The molecule has 1 aromatic rings. The van der Waals surface area contributed by atoms with Crippen molar-refractivity contribution in [2.24, 2.45) is 46.3 Å². The van der Waals surface area contributed by atoms with Crippen molar-refractivity contribution >= 4 is 17.9 Å². The summed E-state index contributed by atoms with van der Waals surface area (Å²) >= 11 is 1.53. The number of nitrogens with zero attached hydrogens (tertiary/aromatic N) is 2. The molecule has 4 heteroatoms. The molecule has 6 unspecified atom stereocenters. The van der Waals surface area contributed by atoms with Gasteiger partial charge >= 0.3 is 0 Å². The van der Waals surface area contributed by atoms with Crippen LogP contribution in [0.25, 0.3) is 0 Å². The molecule has 3 nitrogen and oxygen atoms in total. The van der Waals surface area contributed by atoms with Gasteiger partial charge in [0.1, 0.15) is 5.82 Å². The summed E-state index contributed by atoms with van der Waals surface area (Å²) in [6.07, 6.45) is 20.5. The van der Waals surface area contributed by atoms with Gasteiger partial charge in [-0.3, -0.25) is 0 Å². The summed E-state index contributed by atoms with van der Waals surface area (Å²) in [4.78, 5) is 8.23. The summed E-state index contributed by atoms with van der Waals surface area (Å²) in [7, 11) is 0. The second-order valence-electron chi connectivity index (χ2n) is 13.9. The van der Waals surface area contributed by atoms with Gasteiger partial charge in [0, 0.05) is 31.3 Å². The average molecular weight is 541 g/mol. The van der Waals surface area contributed by atoms with Crippen LogP contribution >= 0.6 is 12.0 Å². The third kappa shape index (κ3) is 5.44. The standard InChI is InChI=1S/C34H56N2OS/c1-6-9-21-36(8-3)32-16-14-27(24-35-32)38-37-22-18-26-13-15-30-28-23-25(7-2)29-12-10-11-19-34(29,5)31(28)17-20-33(26,30)4/h14,16,24-26,28-31H,6-13,15,17-23H2,1-5H3/t25-,26?,28?,29?,30?,31-,33?,34?/m0/s1. The Kier molecular flexibility index (Phi) is 9.40. The van der Waals surface area contributed by atoms with E-state index in [0.29, 0.717) is 10.8 Å². The molecule has 4 aliphatic carbocycles. The Balaban J connectivity index is 1.15. The molecule has 4 saturated carbocycles. The molecule has 0 spiro atoms. The second kappa shape index (κ2) is 12.4. The Labute approximate surface area is 238 Å². The number of hydrogen-bond donors (Lipinski definition) is 0. The SMILES string of the molecule is CCCCN(CC)c1ccc(SOCCC2CCC3C4C[C@H](CC)C5CCCCC5(C)[C@H]4CCC23C)cn1. The Bertz CT molecular complexity index is 891. The summed E-state index contributed by atoms with van der Waals surface area (Å²) < 4.78 is 6.19. The minimum atomic E-state index is 0.538. The van der Waals surface area contributed by atoms with Gasteiger partial charge in [0.15, 0.2) is 0 Å². The number of fused-ring (bicyclic) bond motifs is 5. The Hall–Kier alpha value is -0.740. The monoisotopic (exact) mass is 540 g/mol. The molecule has 8 atom stereocenters. The normalized spacial score (nSPS) is 38.3. The molecule has 214 valence electrons. The first kappa shape index (κ1) is 28.8. The Morgan fingerprint density at radius 2 is 1.82 bits per heavy atom. The highest BCUT2D eigenvalue weighted by Crippen LogP contribution is 2.69. The summed E-state index contributed by atoms with van der Waals surface area (Å²) in [6.45, 7) is 15.3. The number of rotatable bonds is 11. The number of unbranched alkanes of at least 4 members (excludes halogenated alkanes) is 1. The predicted octanol–water partition coefficient (Wildman–Crippen LogP) is 9.81. The fraction of sp³-hybridized carbons (Fsp3) is 0.853. The van der Waals surface area contributed by atoms with E-state index in [-0.39, 0.29) is 0 Å². The van der Waals surface area contributed by atoms with Crippen LogP contribution in [0.2, 0.25) is 0 Å². The molecular formula is C34H56N2OS. The van der Waals surface area contributed by atoms with Gasteiger partial charge < -0.3 is 9.08 Å². The number of hydrogen-bond acceptors (Lipinski definition) is 4. The van der Waals surface area contributed by atoms with Crippen molar-refractivity contribution in [1.82, 2.24) is 4.98 Å². The van der Waals surface area contributed by atoms with Crippen molar-refractivity contribution in [3.63, 3.8) is 0 Å². The highest BCUT2D eigenvalue weighted by molar-refractivity contribution is 7.94. The maximum Gasteiger partial charge on any atom is 0.128 e. The largest absolute Gasteiger partial charge is 0.357 e. The van der Waals surface area contributed by atoms with E-state index in [1.54, 1.807) is 0 Å². The molecule has 0 N–H and O–H groups in total. The van der Waals surface area contributed by atoms with Crippen LogP contribution in [0.4, 0.5) is 5.82 Å². The van der Waals surface area contributed by atoms with E-state index in [9.17, 15) is 0 Å². The van der Waals surface area contributed by atoms with Gasteiger partial charge in [-0.15, -0.1) is 0 Å². The summed E-state index contributed by atoms with van der Waals surface area (Å²) in [5, 5.41) is 0. The van der Waals surface area contributed by atoms with Crippen LogP contribution < -0.4 is 4.90 Å². The molecule has 4 fully saturated rings. The van der Waals surface area contributed by atoms with E-state index < -0.39 is 0 Å². The smallest absolute Gasteiger partial charge is 0.128 e. The quantitative estimate of drug-likeness (QED) is 0.206. The maximum atomic E-state index is 6.19. The van der Waals surface area contributed by atoms with Gasteiger partial charge in [-0.25, -0.2) is 4.98 Å². The van der Waals surface area contributed by atoms with E-state index >= 15 is 0 Å². The van der Waals surface area contributed by atoms with Crippen LogP contribution in [0.1, 0.15) is 118 Å². The van der Waals surface area contributed by atoms with Crippen molar-refractivity contribution in [1.29, 1.82) is 0 Å². The fourth-order valence-corrected chi connectivity index (χ4v) is 10.8. The lowest BCUT2D eigenvalue weighted by atomic mass is 9.42. The third-order valence-electron chi connectivity index (χ3n) is 12.4. The molecule has 0 saturated heterocycles. The van der Waals surface area contributed by atoms with Gasteiger partial charge in [-0.05, 0) is 123 Å². The fourth-order valence-electron chi connectivity index (χ4n) is 10.3. The zero-order valence-electron chi connectivity index (χ0n) is 25.2. The minimum Gasteiger partial charge on any atom is -0.357 e. The first-order chi connectivity index (χ1) is 18.4. The molecule has 38 heavy (non-hydrogen) atoms. The first-order valence-corrected chi connectivity index (χ1v) is 17.2. The first-order valence-electron chi connectivity index (χ1n) is 16.4. The second-order valence-corrected chi connectivity index (χ2v) is 14.8. The van der Waals surface area contributed by atoms with Crippen molar-refractivity contribution < 1.29 is 4.18 Å². The number of anilines is 1. The molecule has 5 rings (SSSR count). The molecule has 0 aromatic carbocycles. The highest BCUT2D eigenvalue weighted by Gasteiger charge is 2.60. The third-order valence-corrected chi connectivity index (χ3v) is 13.1. The van der Waals surface area contributed by atoms with E-state index in [4.69, 9.17) is 9.17 Å². The topological polar surface area (TPSA) is 25.4 Å². The van der Waals surface area contributed by atoms with Crippen molar-refractivity contribution in [2.75, 3.05) is 24.6 Å². The summed E-state index contributed by atoms with van der Waals surface area (Å²) in [5.41, 5.74) is 1.17. The van der Waals surface area contributed by atoms with Crippen LogP contribution in [0, 0.1) is 46.3 Å². The molecule has 1 heterocycles. The molecule has 4 aliphatic rings. The lowest BCUT2D eigenvalue weighted by Gasteiger charge is -2.62. The number of pyridine rings is 1. The van der Waals surface area contributed by atoms with Crippen LogP contribution in [0.5, 0.6) is 0 Å². The Morgan fingerprint density at radius 3 is 2.55 bits per heavy atom. The van der Waals surface area contributed by atoms with Crippen molar-refractivity contribution in [3.05, 3.63) is 18.3 Å². The highest BCUT2D eigenvalue weighted by atomic mass is 32.2. The van der Waals surface area contributed by atoms with Crippen LogP contribution in [-0.2, 0) is 4.18 Å². The van der Waals surface area contributed by atoms with Crippen LogP contribution in [-0.4, -0.2) is 24.7 Å². The van der Waals surface area contributed by atoms with Crippen molar-refractivity contribution in [2.45, 2.75) is 123 Å². The predicted molar refractivity (Wildman–Crippen MR) is 162 cm³/mol. The molecule has 0 amide bonds. The lowest BCUT2D eigenvalue weighted by molar-refractivity contribution is -0.136. The van der Waals surface area contributed by atoms with E-state index in [0.717, 1.165) is 65.9 Å². The van der Waals surface area contributed by atoms with Gasteiger partial charge in [0.05, 0.1) is 11.5 Å². The molecule has 0 aliphatic heterocycles.